The number of rotatable bonds is 4. The maximum Gasteiger partial charge on any atom is 0.230 e. The molecule has 6 heteroatoms. The Bertz CT molecular complexity index is 408. The van der Waals surface area contributed by atoms with Gasteiger partial charge in [0.25, 0.3) is 0 Å². The van der Waals surface area contributed by atoms with Crippen LogP contribution in [0.15, 0.2) is 4.34 Å². The standard InChI is InChI=1S/C12H19N3OS2/c1-8-5-3-4-6-10(8)13-11(16)7-17-12-15-14-9(2)18-12/h8,10H,3-7H2,1-2H3,(H,13,16)/t8-,10-/m0/s1. The van der Waals surface area contributed by atoms with Crippen LogP contribution in [0.2, 0.25) is 0 Å². The van der Waals surface area contributed by atoms with Gasteiger partial charge in [0.2, 0.25) is 5.91 Å². The molecule has 1 aromatic rings. The zero-order valence-electron chi connectivity index (χ0n) is 10.8. The fourth-order valence-electron chi connectivity index (χ4n) is 2.24. The van der Waals surface area contributed by atoms with Gasteiger partial charge in [-0.3, -0.25) is 4.79 Å². The molecule has 1 N–H and O–H groups in total. The van der Waals surface area contributed by atoms with E-state index < -0.39 is 0 Å². The lowest BCUT2D eigenvalue weighted by atomic mass is 9.86. The second kappa shape index (κ2) is 6.52. The highest BCUT2D eigenvalue weighted by molar-refractivity contribution is 8.01. The van der Waals surface area contributed by atoms with Crippen molar-refractivity contribution < 1.29 is 4.79 Å². The van der Waals surface area contributed by atoms with Gasteiger partial charge in [0, 0.05) is 6.04 Å². The third-order valence-electron chi connectivity index (χ3n) is 3.29. The SMILES string of the molecule is Cc1nnc(SCC(=O)N[C@H]2CCCC[C@@H]2C)s1. The topological polar surface area (TPSA) is 54.9 Å². The van der Waals surface area contributed by atoms with Crippen LogP contribution in [0.3, 0.4) is 0 Å². The summed E-state index contributed by atoms with van der Waals surface area (Å²) in [5.74, 6) is 1.17. The molecule has 0 radical (unpaired) electrons. The Kier molecular flexibility index (Phi) is 5.00. The van der Waals surface area contributed by atoms with Crippen molar-refractivity contribution in [3.05, 3.63) is 5.01 Å². The third kappa shape index (κ3) is 3.95. The van der Waals surface area contributed by atoms with Crippen molar-refractivity contribution in [1.82, 2.24) is 15.5 Å². The minimum Gasteiger partial charge on any atom is -0.352 e. The van der Waals surface area contributed by atoms with Crippen molar-refractivity contribution in [1.29, 1.82) is 0 Å². The van der Waals surface area contributed by atoms with E-state index >= 15 is 0 Å². The molecule has 1 aliphatic carbocycles. The quantitative estimate of drug-likeness (QED) is 0.864. The number of thioether (sulfide) groups is 1. The van der Waals surface area contributed by atoms with E-state index in [0.717, 1.165) is 15.8 Å². The summed E-state index contributed by atoms with van der Waals surface area (Å²) in [5.41, 5.74) is 0. The van der Waals surface area contributed by atoms with Crippen molar-refractivity contribution in [3.63, 3.8) is 0 Å². The molecular formula is C12H19N3OS2. The Morgan fingerprint density at radius 2 is 2.22 bits per heavy atom. The first-order valence-electron chi connectivity index (χ1n) is 6.37. The third-order valence-corrected chi connectivity index (χ3v) is 5.26. The lowest BCUT2D eigenvalue weighted by Gasteiger charge is -2.29. The fourth-order valence-corrected chi connectivity index (χ4v) is 3.87. The second-order valence-electron chi connectivity index (χ2n) is 4.81. The van der Waals surface area contributed by atoms with Gasteiger partial charge >= 0.3 is 0 Å². The molecule has 0 unspecified atom stereocenters. The molecule has 0 aromatic carbocycles. The van der Waals surface area contributed by atoms with E-state index in [-0.39, 0.29) is 5.91 Å². The molecule has 2 rings (SSSR count). The van der Waals surface area contributed by atoms with Crippen LogP contribution in [0.1, 0.15) is 37.6 Å². The minimum atomic E-state index is 0.117. The summed E-state index contributed by atoms with van der Waals surface area (Å²) >= 11 is 3.01. The zero-order chi connectivity index (χ0) is 13.0. The highest BCUT2D eigenvalue weighted by Gasteiger charge is 2.22. The van der Waals surface area contributed by atoms with Gasteiger partial charge in [-0.15, -0.1) is 10.2 Å². The summed E-state index contributed by atoms with van der Waals surface area (Å²) in [6.45, 7) is 4.15. The Hall–Kier alpha value is -0.620. The lowest BCUT2D eigenvalue weighted by Crippen LogP contribution is -2.41. The Morgan fingerprint density at radius 3 is 2.89 bits per heavy atom. The smallest absolute Gasteiger partial charge is 0.230 e. The number of carbonyl (C=O) groups is 1. The second-order valence-corrected chi connectivity index (χ2v) is 7.22. The molecule has 1 aromatic heterocycles. The molecule has 0 saturated heterocycles. The molecule has 1 aliphatic rings. The first-order chi connectivity index (χ1) is 8.65. The van der Waals surface area contributed by atoms with E-state index in [0.29, 0.717) is 17.7 Å². The Labute approximate surface area is 116 Å². The van der Waals surface area contributed by atoms with E-state index in [9.17, 15) is 4.79 Å². The monoisotopic (exact) mass is 285 g/mol. The van der Waals surface area contributed by atoms with Crippen LogP contribution in [-0.4, -0.2) is 27.9 Å². The van der Waals surface area contributed by atoms with E-state index in [1.54, 1.807) is 0 Å². The number of hydrogen-bond acceptors (Lipinski definition) is 5. The summed E-state index contributed by atoms with van der Waals surface area (Å²) in [7, 11) is 0. The van der Waals surface area contributed by atoms with E-state index in [2.05, 4.69) is 22.4 Å². The Balaban J connectivity index is 1.74. The van der Waals surface area contributed by atoms with Gasteiger partial charge in [0.15, 0.2) is 4.34 Å². The van der Waals surface area contributed by atoms with Crippen LogP contribution in [0, 0.1) is 12.8 Å². The molecule has 1 fully saturated rings. The van der Waals surface area contributed by atoms with Crippen molar-refractivity contribution in [3.8, 4) is 0 Å². The van der Waals surface area contributed by atoms with Gasteiger partial charge in [-0.05, 0) is 25.7 Å². The molecule has 2 atom stereocenters. The molecule has 100 valence electrons. The van der Waals surface area contributed by atoms with Gasteiger partial charge in [-0.1, -0.05) is 42.9 Å². The average molecular weight is 285 g/mol. The van der Waals surface area contributed by atoms with Crippen molar-refractivity contribution in [2.45, 2.75) is 49.9 Å². The van der Waals surface area contributed by atoms with Crippen LogP contribution in [0.4, 0.5) is 0 Å². The maximum absolute atomic E-state index is 11.9. The minimum absolute atomic E-state index is 0.117. The first-order valence-corrected chi connectivity index (χ1v) is 8.17. The highest BCUT2D eigenvalue weighted by Crippen LogP contribution is 2.25. The fraction of sp³-hybridized carbons (Fsp3) is 0.750. The molecule has 1 amide bonds. The number of aromatic nitrogens is 2. The van der Waals surface area contributed by atoms with E-state index in [1.165, 1.54) is 42.4 Å². The largest absolute Gasteiger partial charge is 0.352 e. The lowest BCUT2D eigenvalue weighted by molar-refractivity contribution is -0.119. The highest BCUT2D eigenvalue weighted by atomic mass is 32.2. The molecule has 18 heavy (non-hydrogen) atoms. The molecule has 4 nitrogen and oxygen atoms in total. The number of nitrogens with one attached hydrogen (secondary N) is 1. The molecule has 0 bridgehead atoms. The van der Waals surface area contributed by atoms with Gasteiger partial charge in [0.1, 0.15) is 5.01 Å². The average Bonchev–Trinajstić information content (AvgIpc) is 2.76. The van der Waals surface area contributed by atoms with Crippen molar-refractivity contribution in [2.75, 3.05) is 5.75 Å². The number of hydrogen-bond donors (Lipinski definition) is 1. The van der Waals surface area contributed by atoms with Crippen LogP contribution in [-0.2, 0) is 4.79 Å². The molecular weight excluding hydrogens is 266 g/mol. The van der Waals surface area contributed by atoms with Crippen molar-refractivity contribution >= 4 is 29.0 Å². The summed E-state index contributed by atoms with van der Waals surface area (Å²) in [5, 5.41) is 12.0. The number of amides is 1. The van der Waals surface area contributed by atoms with Crippen LogP contribution < -0.4 is 5.32 Å². The van der Waals surface area contributed by atoms with Crippen LogP contribution >= 0.6 is 23.1 Å². The summed E-state index contributed by atoms with van der Waals surface area (Å²) in [6, 6.07) is 0.364. The van der Waals surface area contributed by atoms with E-state index in [4.69, 9.17) is 0 Å². The normalized spacial score (nSPS) is 23.9. The van der Waals surface area contributed by atoms with Crippen LogP contribution in [0.25, 0.3) is 0 Å². The summed E-state index contributed by atoms with van der Waals surface area (Å²) in [6.07, 6.45) is 4.88. The number of aryl methyl sites for hydroxylation is 1. The van der Waals surface area contributed by atoms with Gasteiger partial charge in [-0.25, -0.2) is 0 Å². The van der Waals surface area contributed by atoms with Gasteiger partial charge in [-0.2, -0.15) is 0 Å². The summed E-state index contributed by atoms with van der Waals surface area (Å²) < 4.78 is 0.874. The number of carbonyl (C=O) groups excluding carboxylic acids is 1. The molecule has 0 aliphatic heterocycles. The number of nitrogens with zero attached hydrogens (tertiary/aromatic N) is 2. The maximum atomic E-state index is 11.9. The molecule has 1 heterocycles. The molecule has 0 spiro atoms. The summed E-state index contributed by atoms with van der Waals surface area (Å²) in [4.78, 5) is 11.9. The van der Waals surface area contributed by atoms with Gasteiger partial charge < -0.3 is 5.32 Å². The predicted molar refractivity (Wildman–Crippen MR) is 74.9 cm³/mol. The van der Waals surface area contributed by atoms with Crippen molar-refractivity contribution in [2.24, 2.45) is 5.92 Å². The Morgan fingerprint density at radius 1 is 1.44 bits per heavy atom. The molecule has 1 saturated carbocycles. The van der Waals surface area contributed by atoms with Crippen LogP contribution in [0.5, 0.6) is 0 Å². The zero-order valence-corrected chi connectivity index (χ0v) is 12.4. The first kappa shape index (κ1) is 13.8. The van der Waals surface area contributed by atoms with Gasteiger partial charge in [0.05, 0.1) is 5.75 Å². The predicted octanol–water partition coefficient (Wildman–Crippen LogP) is 2.63. The van der Waals surface area contributed by atoms with E-state index in [1.807, 2.05) is 6.92 Å².